The summed E-state index contributed by atoms with van der Waals surface area (Å²) in [6, 6.07) is 0. The van der Waals surface area contributed by atoms with E-state index in [1.807, 2.05) is 41.5 Å². The van der Waals surface area contributed by atoms with Crippen molar-refractivity contribution in [3.05, 3.63) is 11.1 Å². The van der Waals surface area contributed by atoms with Gasteiger partial charge in [0, 0.05) is 24.1 Å². The molecule has 7 heteroatoms. The number of rotatable bonds is 11. The van der Waals surface area contributed by atoms with Gasteiger partial charge in [-0.1, -0.05) is 13.8 Å². The van der Waals surface area contributed by atoms with Crippen LogP contribution in [-0.4, -0.2) is 40.2 Å². The molecule has 0 atom stereocenters. The molecule has 2 amide bonds. The van der Waals surface area contributed by atoms with Crippen molar-refractivity contribution in [1.82, 2.24) is 4.90 Å². The molecule has 1 aliphatic heterocycles. The second kappa shape index (κ2) is 8.82. The second-order valence-corrected chi connectivity index (χ2v) is 8.46. The maximum absolute atomic E-state index is 12.3. The Bertz CT molecular complexity index is 549. The number of carbonyl (C=O) groups excluding carboxylic acids is 2. The molecule has 0 bridgehead atoms. The summed E-state index contributed by atoms with van der Waals surface area (Å²) in [5.74, 6) is -1.86. The third-order valence-corrected chi connectivity index (χ3v) is 5.07. The smallest absolute Gasteiger partial charge is 0.256 e. The zero-order chi connectivity index (χ0) is 21.0. The Hall–Kier alpha value is -1.28. The monoisotopic (exact) mass is 385 g/mol. The number of carbonyl (C=O) groups is 2. The minimum Gasteiger partial charge on any atom is -0.275 e. The van der Waals surface area contributed by atoms with Crippen LogP contribution in [-0.2, 0) is 29.1 Å². The van der Waals surface area contributed by atoms with Crippen LogP contribution in [0, 0.1) is 0 Å². The number of imide groups is 1. The lowest BCUT2D eigenvalue weighted by Gasteiger charge is -2.34. The van der Waals surface area contributed by atoms with Crippen molar-refractivity contribution < 1.29 is 29.1 Å². The summed E-state index contributed by atoms with van der Waals surface area (Å²) in [7, 11) is 0. The molecule has 0 aromatic heterocycles. The van der Waals surface area contributed by atoms with Gasteiger partial charge in [0.05, 0.1) is 11.2 Å². The van der Waals surface area contributed by atoms with Crippen LogP contribution in [0.25, 0.3) is 0 Å². The lowest BCUT2D eigenvalue weighted by atomic mass is 10.1. The Morgan fingerprint density at radius 1 is 0.741 bits per heavy atom. The summed E-state index contributed by atoms with van der Waals surface area (Å²) in [6.07, 6.45) is 1.66. The van der Waals surface area contributed by atoms with Crippen LogP contribution in [0.5, 0.6) is 0 Å². The van der Waals surface area contributed by atoms with Crippen LogP contribution >= 0.6 is 0 Å². The van der Waals surface area contributed by atoms with Crippen LogP contribution < -0.4 is 0 Å². The van der Waals surface area contributed by atoms with E-state index in [9.17, 15) is 9.59 Å². The van der Waals surface area contributed by atoms with E-state index in [4.69, 9.17) is 19.6 Å². The lowest BCUT2D eigenvalue weighted by molar-refractivity contribution is -0.539. The van der Waals surface area contributed by atoms with E-state index in [0.29, 0.717) is 11.1 Å². The van der Waals surface area contributed by atoms with Crippen LogP contribution in [0.1, 0.15) is 81.6 Å². The topological polar surface area (TPSA) is 74.3 Å². The molecule has 0 saturated heterocycles. The maximum atomic E-state index is 12.3. The zero-order valence-electron chi connectivity index (χ0n) is 18.2. The van der Waals surface area contributed by atoms with E-state index in [2.05, 4.69) is 0 Å². The van der Waals surface area contributed by atoms with E-state index >= 15 is 0 Å². The molecule has 0 aliphatic carbocycles. The predicted molar refractivity (Wildman–Crippen MR) is 101 cm³/mol. The molecule has 27 heavy (non-hydrogen) atoms. The molecule has 156 valence electrons. The fourth-order valence-corrected chi connectivity index (χ4v) is 1.95. The molecule has 0 radical (unpaired) electrons. The van der Waals surface area contributed by atoms with E-state index < -0.39 is 17.0 Å². The summed E-state index contributed by atoms with van der Waals surface area (Å²) in [4.78, 5) is 48.0. The van der Waals surface area contributed by atoms with Crippen molar-refractivity contribution in [2.45, 2.75) is 98.6 Å². The highest BCUT2D eigenvalue weighted by atomic mass is 17.3. The molecule has 0 aromatic carbocycles. The van der Waals surface area contributed by atoms with E-state index in [1.165, 1.54) is 4.90 Å². The molecule has 0 N–H and O–H groups in total. The summed E-state index contributed by atoms with van der Waals surface area (Å²) in [5, 5.41) is 0. The predicted octanol–water partition coefficient (Wildman–Crippen LogP) is 4.07. The molecule has 7 nitrogen and oxygen atoms in total. The number of amides is 2. The van der Waals surface area contributed by atoms with Crippen LogP contribution in [0.15, 0.2) is 11.1 Å². The van der Waals surface area contributed by atoms with E-state index in [0.717, 1.165) is 12.8 Å². The molecule has 0 fully saturated rings. The molecular weight excluding hydrogens is 350 g/mol. The standard InChI is InChI=1S/C20H35NO6/c1-10-18(5,6)24-26-20(9,27-25-19(7,8)11-2)12-13-21-16(22)14(3)15(4)17(21)23/h10-13H2,1-9H3. The highest BCUT2D eigenvalue weighted by Gasteiger charge is 2.39. The summed E-state index contributed by atoms with van der Waals surface area (Å²) in [5.41, 5.74) is -0.0943. The summed E-state index contributed by atoms with van der Waals surface area (Å²) >= 11 is 0. The Morgan fingerprint density at radius 3 is 1.44 bits per heavy atom. The molecule has 0 aromatic rings. The van der Waals surface area contributed by atoms with Gasteiger partial charge in [0.2, 0.25) is 5.79 Å². The molecular formula is C20H35NO6. The third-order valence-electron chi connectivity index (χ3n) is 5.07. The minimum absolute atomic E-state index is 0.134. The highest BCUT2D eigenvalue weighted by Crippen LogP contribution is 2.28. The van der Waals surface area contributed by atoms with Crippen molar-refractivity contribution >= 4 is 11.8 Å². The molecule has 0 saturated carbocycles. The molecule has 0 spiro atoms. The van der Waals surface area contributed by atoms with Gasteiger partial charge in [-0.3, -0.25) is 14.5 Å². The Labute approximate surface area is 162 Å². The quantitative estimate of drug-likeness (QED) is 0.231. The first-order valence-electron chi connectivity index (χ1n) is 9.55. The fraction of sp³-hybridized carbons (Fsp3) is 0.800. The average Bonchev–Trinajstić information content (AvgIpc) is 2.80. The van der Waals surface area contributed by atoms with Crippen molar-refractivity contribution in [1.29, 1.82) is 0 Å². The van der Waals surface area contributed by atoms with Gasteiger partial charge in [-0.05, 0) is 61.3 Å². The van der Waals surface area contributed by atoms with Crippen molar-refractivity contribution in [2.75, 3.05) is 6.54 Å². The zero-order valence-corrected chi connectivity index (χ0v) is 18.2. The average molecular weight is 386 g/mol. The third kappa shape index (κ3) is 6.38. The number of nitrogens with zero attached hydrogens (tertiary/aromatic N) is 1. The van der Waals surface area contributed by atoms with Crippen molar-refractivity contribution in [3.8, 4) is 0 Å². The van der Waals surface area contributed by atoms with Gasteiger partial charge < -0.3 is 0 Å². The second-order valence-electron chi connectivity index (χ2n) is 8.46. The molecule has 1 aliphatic rings. The minimum atomic E-state index is -1.29. The van der Waals surface area contributed by atoms with Gasteiger partial charge >= 0.3 is 0 Å². The first kappa shape index (κ1) is 23.8. The normalized spacial score (nSPS) is 16.7. The first-order valence-corrected chi connectivity index (χ1v) is 9.55. The Balaban J connectivity index is 2.85. The Morgan fingerprint density at radius 2 is 1.11 bits per heavy atom. The van der Waals surface area contributed by atoms with Crippen molar-refractivity contribution in [2.24, 2.45) is 0 Å². The van der Waals surface area contributed by atoms with Gasteiger partial charge in [-0.25, -0.2) is 9.78 Å². The van der Waals surface area contributed by atoms with Crippen LogP contribution in [0.2, 0.25) is 0 Å². The van der Waals surface area contributed by atoms with Crippen molar-refractivity contribution in [3.63, 3.8) is 0 Å². The fourth-order valence-electron chi connectivity index (χ4n) is 1.95. The van der Waals surface area contributed by atoms with Crippen LogP contribution in [0.3, 0.4) is 0 Å². The Kier molecular flexibility index (Phi) is 7.76. The lowest BCUT2D eigenvalue weighted by Crippen LogP contribution is -2.43. The number of hydrogen-bond donors (Lipinski definition) is 0. The van der Waals surface area contributed by atoms with Gasteiger partial charge in [-0.15, -0.1) is 0 Å². The van der Waals surface area contributed by atoms with Gasteiger partial charge in [-0.2, -0.15) is 9.78 Å². The molecule has 1 rings (SSSR count). The van der Waals surface area contributed by atoms with E-state index in [1.54, 1.807) is 20.8 Å². The number of hydrogen-bond acceptors (Lipinski definition) is 6. The first-order chi connectivity index (χ1) is 12.3. The van der Waals surface area contributed by atoms with Gasteiger partial charge in [0.15, 0.2) is 0 Å². The van der Waals surface area contributed by atoms with Gasteiger partial charge in [0.25, 0.3) is 11.8 Å². The largest absolute Gasteiger partial charge is 0.275 e. The molecule has 1 heterocycles. The summed E-state index contributed by atoms with van der Waals surface area (Å²) in [6.45, 7) is 16.7. The SMILES string of the molecule is CCC(C)(C)OOC(C)(CCN1C(=O)C(C)=C(C)C1=O)OOC(C)(C)CC. The van der Waals surface area contributed by atoms with Gasteiger partial charge in [0.1, 0.15) is 0 Å². The van der Waals surface area contributed by atoms with E-state index in [-0.39, 0.29) is 24.8 Å². The molecule has 0 unspecified atom stereocenters. The summed E-state index contributed by atoms with van der Waals surface area (Å²) < 4.78 is 0. The maximum Gasteiger partial charge on any atom is 0.256 e. The highest BCUT2D eigenvalue weighted by molar-refractivity contribution is 6.18. The van der Waals surface area contributed by atoms with Crippen LogP contribution in [0.4, 0.5) is 0 Å².